The van der Waals surface area contributed by atoms with Crippen LogP contribution in [-0.2, 0) is 6.18 Å². The zero-order valence-electron chi connectivity index (χ0n) is 6.73. The minimum absolute atomic E-state index is 0.620. The molecule has 1 aromatic rings. The molecule has 2 nitrogen and oxygen atoms in total. The molecule has 0 bridgehead atoms. The Morgan fingerprint density at radius 1 is 1.29 bits per heavy atom. The molecule has 0 heterocycles. The molecule has 0 atom stereocenters. The van der Waals surface area contributed by atoms with E-state index >= 15 is 0 Å². The lowest BCUT2D eigenvalue weighted by molar-refractivity contribution is -0.140. The summed E-state index contributed by atoms with van der Waals surface area (Å²) in [5, 5.41) is 0. The minimum atomic E-state index is -4.92. The van der Waals surface area contributed by atoms with Gasteiger partial charge in [0.2, 0.25) is 5.91 Å². The van der Waals surface area contributed by atoms with Gasteiger partial charge in [-0.1, -0.05) is 6.07 Å². The first-order valence-electron chi connectivity index (χ1n) is 3.49. The molecule has 1 rings (SSSR count). The third-order valence-corrected chi connectivity index (χ3v) is 1.56. The van der Waals surface area contributed by atoms with Crippen LogP contribution in [0.4, 0.5) is 17.6 Å². The van der Waals surface area contributed by atoms with Crippen LogP contribution < -0.4 is 5.73 Å². The summed E-state index contributed by atoms with van der Waals surface area (Å²) in [5.74, 6) is -2.81. The molecule has 14 heavy (non-hydrogen) atoms. The highest BCUT2D eigenvalue weighted by Gasteiger charge is 2.37. The Bertz CT molecular complexity index is 372. The van der Waals surface area contributed by atoms with Crippen molar-refractivity contribution in [2.45, 2.75) is 6.18 Å². The highest BCUT2D eigenvalue weighted by Crippen LogP contribution is 2.33. The number of carbonyl (C=O) groups excluding carboxylic acids is 1. The number of benzene rings is 1. The smallest absolute Gasteiger partial charge is 0.366 e. The third-order valence-electron chi connectivity index (χ3n) is 1.56. The number of hydrogen-bond donors (Lipinski definition) is 1. The van der Waals surface area contributed by atoms with E-state index in [9.17, 15) is 22.4 Å². The molecule has 76 valence electrons. The van der Waals surface area contributed by atoms with Crippen LogP contribution in [0.3, 0.4) is 0 Å². The van der Waals surface area contributed by atoms with Crippen molar-refractivity contribution in [1.29, 1.82) is 0 Å². The molecular formula is C8H5F4NO. The van der Waals surface area contributed by atoms with Crippen LogP contribution in [0, 0.1) is 5.82 Å². The summed E-state index contributed by atoms with van der Waals surface area (Å²) in [6.45, 7) is 0. The van der Waals surface area contributed by atoms with Crippen LogP contribution in [0.2, 0.25) is 0 Å². The fraction of sp³-hybridized carbons (Fsp3) is 0.125. The number of amides is 1. The molecule has 2 N–H and O–H groups in total. The SMILES string of the molecule is NC(=O)c1cccc(F)c1C(F)(F)F. The molecule has 0 saturated carbocycles. The first-order valence-corrected chi connectivity index (χ1v) is 3.49. The van der Waals surface area contributed by atoms with Crippen LogP contribution in [0.15, 0.2) is 18.2 Å². The molecule has 0 aliphatic heterocycles. The third kappa shape index (κ3) is 1.84. The van der Waals surface area contributed by atoms with Gasteiger partial charge < -0.3 is 5.73 Å². The van der Waals surface area contributed by atoms with Crippen molar-refractivity contribution in [2.75, 3.05) is 0 Å². The van der Waals surface area contributed by atoms with E-state index in [2.05, 4.69) is 5.73 Å². The maximum atomic E-state index is 12.8. The Morgan fingerprint density at radius 2 is 1.86 bits per heavy atom. The second-order valence-electron chi connectivity index (χ2n) is 2.52. The van der Waals surface area contributed by atoms with Gasteiger partial charge in [-0.05, 0) is 12.1 Å². The zero-order chi connectivity index (χ0) is 10.9. The van der Waals surface area contributed by atoms with E-state index < -0.39 is 29.0 Å². The predicted molar refractivity (Wildman–Crippen MR) is 39.9 cm³/mol. The van der Waals surface area contributed by atoms with Gasteiger partial charge in [0, 0.05) is 0 Å². The topological polar surface area (TPSA) is 43.1 Å². The first kappa shape index (κ1) is 10.5. The summed E-state index contributed by atoms with van der Waals surface area (Å²) in [4.78, 5) is 10.6. The fourth-order valence-electron chi connectivity index (χ4n) is 1.02. The summed E-state index contributed by atoms with van der Waals surface area (Å²) < 4.78 is 49.4. The second-order valence-corrected chi connectivity index (χ2v) is 2.52. The van der Waals surface area contributed by atoms with Crippen molar-refractivity contribution >= 4 is 5.91 Å². The molecule has 0 saturated heterocycles. The lowest BCUT2D eigenvalue weighted by Crippen LogP contribution is -2.20. The molecule has 0 fully saturated rings. The monoisotopic (exact) mass is 207 g/mol. The second kappa shape index (κ2) is 3.28. The van der Waals surface area contributed by atoms with Gasteiger partial charge in [0.05, 0.1) is 5.56 Å². The highest BCUT2D eigenvalue weighted by molar-refractivity contribution is 5.94. The Balaban J connectivity index is 3.45. The standard InChI is InChI=1S/C8H5F4NO/c9-5-3-1-2-4(7(13)14)6(5)8(10,11)12/h1-3H,(H2,13,14). The molecule has 0 radical (unpaired) electrons. The number of primary amides is 1. The number of halogens is 4. The quantitative estimate of drug-likeness (QED) is 0.702. The van der Waals surface area contributed by atoms with Gasteiger partial charge in [-0.25, -0.2) is 4.39 Å². The van der Waals surface area contributed by atoms with Crippen molar-refractivity contribution in [3.8, 4) is 0 Å². The van der Waals surface area contributed by atoms with Crippen LogP contribution >= 0.6 is 0 Å². The summed E-state index contributed by atoms with van der Waals surface area (Å²) in [5.41, 5.74) is 2.19. The number of nitrogens with two attached hydrogens (primary N) is 1. The lowest BCUT2D eigenvalue weighted by atomic mass is 10.1. The van der Waals surface area contributed by atoms with Crippen LogP contribution in [0.5, 0.6) is 0 Å². The lowest BCUT2D eigenvalue weighted by Gasteiger charge is -2.10. The first-order chi connectivity index (χ1) is 6.34. The fourth-order valence-corrected chi connectivity index (χ4v) is 1.02. The maximum absolute atomic E-state index is 12.8. The van der Waals surface area contributed by atoms with E-state index in [0.29, 0.717) is 6.07 Å². The Hall–Kier alpha value is -1.59. The zero-order valence-corrected chi connectivity index (χ0v) is 6.73. The van der Waals surface area contributed by atoms with Gasteiger partial charge in [-0.3, -0.25) is 4.79 Å². The highest BCUT2D eigenvalue weighted by atomic mass is 19.4. The van der Waals surface area contributed by atoms with Gasteiger partial charge in [-0.2, -0.15) is 13.2 Å². The van der Waals surface area contributed by atoms with Crippen molar-refractivity contribution in [1.82, 2.24) is 0 Å². The van der Waals surface area contributed by atoms with E-state index in [1.54, 1.807) is 0 Å². The van der Waals surface area contributed by atoms with Gasteiger partial charge in [0.25, 0.3) is 0 Å². The van der Waals surface area contributed by atoms with Gasteiger partial charge >= 0.3 is 6.18 Å². The van der Waals surface area contributed by atoms with Gasteiger partial charge in [0.1, 0.15) is 11.4 Å². The summed E-state index contributed by atoms with van der Waals surface area (Å²) in [6.07, 6.45) is -4.92. The average Bonchev–Trinajstić information content (AvgIpc) is 2.01. The van der Waals surface area contributed by atoms with E-state index in [4.69, 9.17) is 0 Å². The average molecular weight is 207 g/mol. The maximum Gasteiger partial charge on any atom is 0.420 e. The molecule has 1 amide bonds. The van der Waals surface area contributed by atoms with Crippen LogP contribution in [-0.4, -0.2) is 5.91 Å². The Labute approximate surface area is 76.3 Å². The van der Waals surface area contributed by atoms with E-state index in [-0.39, 0.29) is 0 Å². The van der Waals surface area contributed by atoms with Crippen molar-refractivity contribution in [3.05, 3.63) is 35.1 Å². The molecule has 6 heteroatoms. The molecule has 0 aliphatic carbocycles. The Kier molecular flexibility index (Phi) is 2.46. The van der Waals surface area contributed by atoms with E-state index in [1.165, 1.54) is 0 Å². The van der Waals surface area contributed by atoms with Gasteiger partial charge in [-0.15, -0.1) is 0 Å². The summed E-state index contributed by atoms with van der Waals surface area (Å²) in [6, 6.07) is 2.44. The largest absolute Gasteiger partial charge is 0.420 e. The summed E-state index contributed by atoms with van der Waals surface area (Å²) in [7, 11) is 0. The van der Waals surface area contributed by atoms with Crippen LogP contribution in [0.25, 0.3) is 0 Å². The van der Waals surface area contributed by atoms with Crippen LogP contribution in [0.1, 0.15) is 15.9 Å². The summed E-state index contributed by atoms with van der Waals surface area (Å²) >= 11 is 0. The number of carbonyl (C=O) groups is 1. The number of alkyl halides is 3. The minimum Gasteiger partial charge on any atom is -0.366 e. The Morgan fingerprint density at radius 3 is 2.21 bits per heavy atom. The van der Waals surface area contributed by atoms with Crippen molar-refractivity contribution < 1.29 is 22.4 Å². The molecular weight excluding hydrogens is 202 g/mol. The van der Waals surface area contributed by atoms with Crippen molar-refractivity contribution in [3.63, 3.8) is 0 Å². The molecule has 0 aliphatic rings. The predicted octanol–water partition coefficient (Wildman–Crippen LogP) is 1.94. The molecule has 0 aromatic heterocycles. The van der Waals surface area contributed by atoms with Gasteiger partial charge in [0.15, 0.2) is 0 Å². The van der Waals surface area contributed by atoms with Crippen molar-refractivity contribution in [2.24, 2.45) is 5.73 Å². The van der Waals surface area contributed by atoms with E-state index in [1.807, 2.05) is 0 Å². The number of hydrogen-bond acceptors (Lipinski definition) is 1. The molecule has 0 unspecified atom stereocenters. The molecule has 1 aromatic carbocycles. The number of rotatable bonds is 1. The van der Waals surface area contributed by atoms with E-state index in [0.717, 1.165) is 12.1 Å². The normalized spacial score (nSPS) is 11.4. The molecule has 0 spiro atoms.